The number of para-hydroxylation sites is 1. The summed E-state index contributed by atoms with van der Waals surface area (Å²) in [4.78, 5) is 30.4. The van der Waals surface area contributed by atoms with Crippen molar-refractivity contribution in [3.63, 3.8) is 0 Å². The van der Waals surface area contributed by atoms with Crippen LogP contribution in [0.15, 0.2) is 36.4 Å². The number of ether oxygens (including phenoxy) is 2. The SMILES string of the molecule is CCCN(CC1CC1)C(=O)CN1CCOC2(C/C=C/Cc3ccccc3OCCNC2=O)C1. The molecule has 1 aromatic rings. The molecule has 0 radical (unpaired) electrons. The molecule has 2 fully saturated rings. The first-order valence-corrected chi connectivity index (χ1v) is 12.4. The maximum Gasteiger partial charge on any atom is 0.254 e. The van der Waals surface area contributed by atoms with Gasteiger partial charge in [-0.1, -0.05) is 37.3 Å². The zero-order valence-electron chi connectivity index (χ0n) is 19.8. The van der Waals surface area contributed by atoms with Crippen LogP contribution in [0.3, 0.4) is 0 Å². The van der Waals surface area contributed by atoms with Crippen molar-refractivity contribution in [2.45, 2.75) is 44.6 Å². The zero-order valence-corrected chi connectivity index (χ0v) is 19.8. The minimum atomic E-state index is -0.986. The predicted octanol–water partition coefficient (Wildman–Crippen LogP) is 2.40. The van der Waals surface area contributed by atoms with Gasteiger partial charge in [0, 0.05) is 32.6 Å². The fourth-order valence-electron chi connectivity index (χ4n) is 4.62. The van der Waals surface area contributed by atoms with Crippen LogP contribution < -0.4 is 10.1 Å². The minimum absolute atomic E-state index is 0.134. The van der Waals surface area contributed by atoms with E-state index in [0.717, 1.165) is 37.2 Å². The summed E-state index contributed by atoms with van der Waals surface area (Å²) in [6.07, 6.45) is 8.74. The van der Waals surface area contributed by atoms with E-state index in [9.17, 15) is 9.59 Å². The number of nitrogens with zero attached hydrogens (tertiary/aromatic N) is 2. The maximum absolute atomic E-state index is 13.2. The number of benzene rings is 1. The van der Waals surface area contributed by atoms with Gasteiger partial charge in [0.25, 0.3) is 5.91 Å². The van der Waals surface area contributed by atoms with Gasteiger partial charge in [-0.2, -0.15) is 0 Å². The van der Waals surface area contributed by atoms with E-state index in [1.165, 1.54) is 12.8 Å². The van der Waals surface area contributed by atoms with Gasteiger partial charge >= 0.3 is 0 Å². The Hall–Kier alpha value is -2.38. The lowest BCUT2D eigenvalue weighted by Crippen LogP contribution is -2.61. The number of carbonyl (C=O) groups excluding carboxylic acids is 2. The average Bonchev–Trinajstić information content (AvgIpc) is 3.63. The molecule has 1 atom stereocenters. The first-order chi connectivity index (χ1) is 16.1. The Morgan fingerprint density at radius 3 is 2.91 bits per heavy atom. The molecule has 3 aliphatic rings. The van der Waals surface area contributed by atoms with Crippen molar-refractivity contribution >= 4 is 11.8 Å². The Balaban J connectivity index is 1.43. The van der Waals surface area contributed by atoms with Crippen LogP contribution in [0, 0.1) is 5.92 Å². The van der Waals surface area contributed by atoms with Crippen LogP contribution in [0.4, 0.5) is 0 Å². The molecule has 0 aromatic heterocycles. The predicted molar refractivity (Wildman–Crippen MR) is 127 cm³/mol. The molecular formula is C26H37N3O4. The smallest absolute Gasteiger partial charge is 0.254 e. The molecule has 1 saturated carbocycles. The highest BCUT2D eigenvalue weighted by molar-refractivity contribution is 5.86. The summed E-state index contributed by atoms with van der Waals surface area (Å²) in [5.41, 5.74) is 0.137. The van der Waals surface area contributed by atoms with Gasteiger partial charge in [-0.3, -0.25) is 14.5 Å². The van der Waals surface area contributed by atoms with Crippen LogP contribution in [0.2, 0.25) is 0 Å². The molecule has 33 heavy (non-hydrogen) atoms. The normalized spacial score (nSPS) is 25.2. The third-order valence-electron chi connectivity index (χ3n) is 6.63. The summed E-state index contributed by atoms with van der Waals surface area (Å²) in [6.45, 7) is 6.43. The van der Waals surface area contributed by atoms with Crippen LogP contribution in [-0.4, -0.2) is 79.7 Å². The van der Waals surface area contributed by atoms with E-state index in [2.05, 4.69) is 29.3 Å². The molecule has 4 rings (SSSR count). The second-order valence-electron chi connectivity index (χ2n) is 9.43. The number of allylic oxidation sites excluding steroid dienone is 1. The molecule has 1 N–H and O–H groups in total. The Bertz CT molecular complexity index is 854. The molecule has 1 spiro atoms. The summed E-state index contributed by atoms with van der Waals surface area (Å²) in [5.74, 6) is 1.55. The zero-order chi connectivity index (χ0) is 23.1. The van der Waals surface area contributed by atoms with E-state index in [1.54, 1.807) is 0 Å². The minimum Gasteiger partial charge on any atom is -0.491 e. The van der Waals surface area contributed by atoms with Crippen molar-refractivity contribution in [1.29, 1.82) is 0 Å². The summed E-state index contributed by atoms with van der Waals surface area (Å²) < 4.78 is 12.0. The monoisotopic (exact) mass is 455 g/mol. The third-order valence-corrected chi connectivity index (χ3v) is 6.63. The van der Waals surface area contributed by atoms with Crippen molar-refractivity contribution in [3.05, 3.63) is 42.0 Å². The molecule has 0 bridgehead atoms. The van der Waals surface area contributed by atoms with E-state index < -0.39 is 5.60 Å². The van der Waals surface area contributed by atoms with Gasteiger partial charge in [-0.15, -0.1) is 0 Å². The maximum atomic E-state index is 13.2. The summed E-state index contributed by atoms with van der Waals surface area (Å²) in [6, 6.07) is 7.99. The number of fused-ring (bicyclic) bond motifs is 1. The summed E-state index contributed by atoms with van der Waals surface area (Å²) in [5, 5.41) is 3.00. The fraction of sp³-hybridized carbons (Fsp3) is 0.615. The van der Waals surface area contributed by atoms with Gasteiger partial charge in [0.05, 0.1) is 19.7 Å². The lowest BCUT2D eigenvalue weighted by atomic mass is 9.94. The lowest BCUT2D eigenvalue weighted by molar-refractivity contribution is -0.162. The largest absolute Gasteiger partial charge is 0.491 e. The van der Waals surface area contributed by atoms with E-state index in [4.69, 9.17) is 9.47 Å². The Morgan fingerprint density at radius 2 is 2.09 bits per heavy atom. The lowest BCUT2D eigenvalue weighted by Gasteiger charge is -2.41. The molecule has 2 heterocycles. The highest BCUT2D eigenvalue weighted by Gasteiger charge is 2.43. The van der Waals surface area contributed by atoms with Crippen molar-refractivity contribution in [2.75, 3.05) is 52.5 Å². The van der Waals surface area contributed by atoms with Crippen LogP contribution >= 0.6 is 0 Å². The number of rotatable bonds is 6. The van der Waals surface area contributed by atoms with Crippen LogP contribution in [0.1, 0.15) is 38.2 Å². The standard InChI is InChI=1S/C26H37N3O4/c1-2-14-29(18-21-10-11-21)24(30)19-28-15-17-33-26(20-28)12-6-5-8-22-7-3-4-9-23(22)32-16-13-27-25(26)31/h3-7,9,21H,2,8,10-20H2,1H3,(H,27,31)/b6-5+. The first kappa shape index (κ1) is 23.8. The highest BCUT2D eigenvalue weighted by Crippen LogP contribution is 2.30. The molecule has 1 unspecified atom stereocenters. The van der Waals surface area contributed by atoms with Crippen LogP contribution in [0.25, 0.3) is 0 Å². The van der Waals surface area contributed by atoms with E-state index >= 15 is 0 Å². The van der Waals surface area contributed by atoms with E-state index in [-0.39, 0.29) is 11.8 Å². The van der Waals surface area contributed by atoms with Gasteiger partial charge in [0.2, 0.25) is 5.91 Å². The van der Waals surface area contributed by atoms with Crippen LogP contribution in [-0.2, 0) is 20.7 Å². The molecule has 1 saturated heterocycles. The van der Waals surface area contributed by atoms with Crippen molar-refractivity contribution in [2.24, 2.45) is 5.92 Å². The fourth-order valence-corrected chi connectivity index (χ4v) is 4.62. The number of hydrogen-bond donors (Lipinski definition) is 1. The molecular weight excluding hydrogens is 418 g/mol. The molecule has 1 aromatic carbocycles. The number of nitrogens with one attached hydrogen (secondary N) is 1. The Morgan fingerprint density at radius 1 is 1.24 bits per heavy atom. The van der Waals surface area contributed by atoms with Crippen LogP contribution in [0.5, 0.6) is 5.75 Å². The van der Waals surface area contributed by atoms with Gasteiger partial charge < -0.3 is 19.7 Å². The number of hydrogen-bond acceptors (Lipinski definition) is 5. The molecule has 180 valence electrons. The number of amides is 2. The van der Waals surface area contributed by atoms with Gasteiger partial charge in [-0.25, -0.2) is 0 Å². The Labute approximate surface area is 197 Å². The second-order valence-corrected chi connectivity index (χ2v) is 9.43. The molecule has 7 nitrogen and oxygen atoms in total. The molecule has 1 aliphatic carbocycles. The van der Waals surface area contributed by atoms with Gasteiger partial charge in [0.1, 0.15) is 12.4 Å². The first-order valence-electron chi connectivity index (χ1n) is 12.4. The third kappa shape index (κ3) is 6.36. The summed E-state index contributed by atoms with van der Waals surface area (Å²) >= 11 is 0. The Kier molecular flexibility index (Phi) is 8.04. The van der Waals surface area contributed by atoms with E-state index in [1.807, 2.05) is 29.2 Å². The molecule has 2 aliphatic heterocycles. The highest BCUT2D eigenvalue weighted by atomic mass is 16.5. The topological polar surface area (TPSA) is 71.1 Å². The molecule has 7 heteroatoms. The number of carbonyl (C=O) groups is 2. The summed E-state index contributed by atoms with van der Waals surface area (Å²) in [7, 11) is 0. The molecule has 2 amide bonds. The van der Waals surface area contributed by atoms with Crippen molar-refractivity contribution in [3.8, 4) is 5.75 Å². The van der Waals surface area contributed by atoms with Crippen molar-refractivity contribution < 1.29 is 19.1 Å². The van der Waals surface area contributed by atoms with Crippen molar-refractivity contribution in [1.82, 2.24) is 15.1 Å². The van der Waals surface area contributed by atoms with Gasteiger partial charge in [0.15, 0.2) is 5.60 Å². The van der Waals surface area contributed by atoms with Gasteiger partial charge in [-0.05, 0) is 43.2 Å². The number of morpholine rings is 1. The quantitative estimate of drug-likeness (QED) is 0.667. The second kappa shape index (κ2) is 11.2. The van der Waals surface area contributed by atoms with E-state index in [0.29, 0.717) is 51.7 Å². The average molecular weight is 456 g/mol.